The fraction of sp³-hybridized carbons (Fsp3) is 0. The van der Waals surface area contributed by atoms with Crippen LogP contribution < -0.4 is 27.3 Å². The summed E-state index contributed by atoms with van der Waals surface area (Å²) in [6, 6.07) is 48.6. The quantitative estimate of drug-likeness (QED) is 0.260. The summed E-state index contributed by atoms with van der Waals surface area (Å²) in [5, 5.41) is 4.52. The highest BCUT2D eigenvalue weighted by atomic mass is 16.3. The normalized spacial score (nSPS) is 11.6. The Hall–Kier alpha value is -6.53. The molecule has 10 heteroatoms. The highest BCUT2D eigenvalue weighted by Gasteiger charge is 2.20. The van der Waals surface area contributed by atoms with E-state index in [9.17, 15) is 0 Å². The van der Waals surface area contributed by atoms with Gasteiger partial charge in [-0.15, -0.1) is 16.4 Å². The van der Waals surface area contributed by atoms with E-state index in [0.29, 0.717) is 17.5 Å². The Kier molecular flexibility index (Phi) is 7.70. The Balaban J connectivity index is 1.15. The van der Waals surface area contributed by atoms with Crippen LogP contribution in [0.25, 0.3) is 94.7 Å². The van der Waals surface area contributed by atoms with Gasteiger partial charge in [-0.1, -0.05) is 108 Å². The number of fused-ring (bicyclic) bond motifs is 6. The van der Waals surface area contributed by atoms with E-state index in [1.807, 2.05) is 36.4 Å². The van der Waals surface area contributed by atoms with E-state index in [0.717, 1.165) is 49.9 Å². The average molecular weight is 700 g/mol. The Labute approximate surface area is 323 Å². The summed E-state index contributed by atoms with van der Waals surface area (Å²) in [5.74, 6) is 1.79. The van der Waals surface area contributed by atoms with Crippen molar-refractivity contribution in [1.29, 1.82) is 0 Å². The minimum atomic E-state index is 0.566. The molecule has 254 valence electrons. The van der Waals surface area contributed by atoms with Gasteiger partial charge in [0, 0.05) is 38.4 Å². The van der Waals surface area contributed by atoms with Gasteiger partial charge in [0.1, 0.15) is 50.4 Å². The lowest BCUT2D eigenvalue weighted by atomic mass is 9.59. The number of furan rings is 1. The Bertz CT molecular complexity index is 3090. The first-order valence-corrected chi connectivity index (χ1v) is 18.8. The monoisotopic (exact) mass is 700 g/mol. The lowest BCUT2D eigenvalue weighted by molar-refractivity contribution is 0.669. The van der Waals surface area contributed by atoms with Crippen molar-refractivity contribution in [3.05, 3.63) is 140 Å². The maximum atomic E-state index is 6.70. The number of para-hydroxylation sites is 3. The minimum absolute atomic E-state index is 0.566. The summed E-state index contributed by atoms with van der Waals surface area (Å²) in [6.45, 7) is 0. The molecule has 0 N–H and O–H groups in total. The zero-order valence-corrected chi connectivity index (χ0v) is 31.5. The number of nitrogens with zero attached hydrogens (tertiary/aromatic N) is 4. The zero-order chi connectivity index (χ0) is 37.4. The van der Waals surface area contributed by atoms with Crippen LogP contribution in [0.3, 0.4) is 0 Å². The molecule has 0 aliphatic heterocycles. The molecule has 0 saturated carbocycles. The van der Waals surface area contributed by atoms with Gasteiger partial charge in [-0.3, -0.25) is 0 Å². The molecule has 55 heavy (non-hydrogen) atoms. The third kappa shape index (κ3) is 5.27. The van der Waals surface area contributed by atoms with E-state index in [1.165, 1.54) is 54.7 Å². The maximum absolute atomic E-state index is 6.70. The van der Waals surface area contributed by atoms with Crippen molar-refractivity contribution < 1.29 is 4.42 Å². The van der Waals surface area contributed by atoms with Crippen LogP contribution >= 0.6 is 0 Å². The first-order valence-electron chi connectivity index (χ1n) is 18.8. The van der Waals surface area contributed by atoms with Gasteiger partial charge in [0.05, 0.1) is 16.6 Å². The molecule has 0 spiro atoms. The summed E-state index contributed by atoms with van der Waals surface area (Å²) in [4.78, 5) is 15.4. The standard InChI is InChI=1S/C45H33B5N4O/c46-37-36(38(47)40(49)41(50)39(37)48)25-12-8-13-26(22-25)44-51-43(24-10-2-1-3-11-24)52-45(53-44)31-17-9-16-30-32-23-27(20-21-35(32)55-42(30)31)54-33-18-6-4-14-28(33)29-15-5-7-19-34(29)54/h1-23H,46-50H2. The molecule has 0 aliphatic carbocycles. The Morgan fingerprint density at radius 3 is 1.67 bits per heavy atom. The number of benzene rings is 7. The number of hydrogen-bond acceptors (Lipinski definition) is 4. The van der Waals surface area contributed by atoms with E-state index in [4.69, 9.17) is 19.4 Å². The predicted octanol–water partition coefficient (Wildman–Crippen LogP) is 2.83. The van der Waals surface area contributed by atoms with Crippen LogP contribution in [0.4, 0.5) is 0 Å². The molecule has 5 nitrogen and oxygen atoms in total. The van der Waals surface area contributed by atoms with Crippen LogP contribution in [-0.4, -0.2) is 58.8 Å². The van der Waals surface area contributed by atoms with Crippen LogP contribution in [0.2, 0.25) is 0 Å². The van der Waals surface area contributed by atoms with E-state index < -0.39 is 0 Å². The molecule has 0 atom stereocenters. The average Bonchev–Trinajstić information content (AvgIpc) is 3.78. The second-order valence-electron chi connectivity index (χ2n) is 14.6. The molecule has 10 rings (SSSR count). The molecule has 0 saturated heterocycles. The molecule has 3 aromatic heterocycles. The van der Waals surface area contributed by atoms with Gasteiger partial charge in [0.2, 0.25) is 0 Å². The first kappa shape index (κ1) is 33.1. The van der Waals surface area contributed by atoms with Crippen molar-refractivity contribution in [2.45, 2.75) is 0 Å². The third-order valence-corrected chi connectivity index (χ3v) is 11.6. The van der Waals surface area contributed by atoms with Crippen LogP contribution in [0.15, 0.2) is 144 Å². The second-order valence-corrected chi connectivity index (χ2v) is 14.6. The summed E-state index contributed by atoms with van der Waals surface area (Å²) in [7, 11) is 11.1. The van der Waals surface area contributed by atoms with Crippen molar-refractivity contribution in [3.63, 3.8) is 0 Å². The smallest absolute Gasteiger partial charge is 0.167 e. The first-order chi connectivity index (χ1) is 26.9. The van der Waals surface area contributed by atoms with Crippen LogP contribution in [0.1, 0.15) is 0 Å². The van der Waals surface area contributed by atoms with Gasteiger partial charge in [-0.05, 0) is 53.6 Å². The van der Waals surface area contributed by atoms with Gasteiger partial charge >= 0.3 is 0 Å². The molecule has 7 aromatic carbocycles. The lowest BCUT2D eigenvalue weighted by Gasteiger charge is -2.20. The van der Waals surface area contributed by atoms with Crippen molar-refractivity contribution in [2.75, 3.05) is 0 Å². The zero-order valence-electron chi connectivity index (χ0n) is 31.5. The van der Waals surface area contributed by atoms with Crippen LogP contribution in [-0.2, 0) is 0 Å². The lowest BCUT2D eigenvalue weighted by Crippen LogP contribution is -2.55. The molecule has 0 fully saturated rings. The highest BCUT2D eigenvalue weighted by molar-refractivity contribution is 6.68. The van der Waals surface area contributed by atoms with Gasteiger partial charge < -0.3 is 8.98 Å². The molecule has 0 aliphatic rings. The van der Waals surface area contributed by atoms with Crippen molar-refractivity contribution in [2.24, 2.45) is 0 Å². The molecule has 0 unspecified atom stereocenters. The summed E-state index contributed by atoms with van der Waals surface area (Å²) in [5.41, 5.74) is 16.7. The fourth-order valence-corrected chi connectivity index (χ4v) is 8.39. The maximum Gasteiger partial charge on any atom is 0.167 e. The molecular weight excluding hydrogens is 667 g/mol. The van der Waals surface area contributed by atoms with Crippen LogP contribution in [0.5, 0.6) is 0 Å². The molecule has 0 bridgehead atoms. The molecule has 0 amide bonds. The van der Waals surface area contributed by atoms with E-state index in [2.05, 4.69) is 147 Å². The van der Waals surface area contributed by atoms with Gasteiger partial charge in [0.25, 0.3) is 0 Å². The van der Waals surface area contributed by atoms with Gasteiger partial charge in [-0.2, -0.15) is 0 Å². The highest BCUT2D eigenvalue weighted by Crippen LogP contribution is 2.38. The number of aromatic nitrogens is 4. The third-order valence-electron chi connectivity index (χ3n) is 11.6. The van der Waals surface area contributed by atoms with Gasteiger partial charge in [0.15, 0.2) is 17.5 Å². The molecular formula is C45H33B5N4O. The van der Waals surface area contributed by atoms with Crippen molar-refractivity contribution in [3.8, 4) is 51.0 Å². The SMILES string of the molecule is Bc1c(B)c(B)c(-c2cccc(-c3nc(-c4ccccc4)nc(-c4cccc5c4oc4ccc(-n6c7ccccc7c7ccccc76)cc45)n3)c2)c(B)c1B. The molecule has 3 heterocycles. The predicted molar refractivity (Wildman–Crippen MR) is 244 cm³/mol. The van der Waals surface area contributed by atoms with Crippen molar-refractivity contribution >= 4 is 110 Å². The summed E-state index contributed by atoms with van der Waals surface area (Å²) < 4.78 is 9.04. The van der Waals surface area contributed by atoms with E-state index >= 15 is 0 Å². The number of hydrogen-bond donors (Lipinski definition) is 0. The number of rotatable bonds is 5. The van der Waals surface area contributed by atoms with E-state index in [-0.39, 0.29) is 0 Å². The molecule has 10 aromatic rings. The van der Waals surface area contributed by atoms with Crippen LogP contribution in [0, 0.1) is 0 Å². The van der Waals surface area contributed by atoms with E-state index in [1.54, 1.807) is 0 Å². The topological polar surface area (TPSA) is 56.7 Å². The Morgan fingerprint density at radius 2 is 0.964 bits per heavy atom. The van der Waals surface area contributed by atoms with Crippen molar-refractivity contribution in [1.82, 2.24) is 19.5 Å². The minimum Gasteiger partial charge on any atom is -0.455 e. The fourth-order valence-electron chi connectivity index (χ4n) is 8.39. The van der Waals surface area contributed by atoms with Gasteiger partial charge in [-0.25, -0.2) is 15.0 Å². The summed E-state index contributed by atoms with van der Waals surface area (Å²) in [6.07, 6.45) is 0. The largest absolute Gasteiger partial charge is 0.455 e. The second kappa shape index (κ2) is 12.8. The summed E-state index contributed by atoms with van der Waals surface area (Å²) >= 11 is 0. The molecule has 0 radical (unpaired) electrons. The Morgan fingerprint density at radius 1 is 0.418 bits per heavy atom.